The number of carbonyl (C=O) groups excluding carboxylic acids is 1. The summed E-state index contributed by atoms with van der Waals surface area (Å²) in [6, 6.07) is 1.74. The SMILES string of the molecule is COc1ccnc(C(N)=O)c1CN[C@H]1CCC[C@@H]1O. The third kappa shape index (κ3) is 3.02. The summed E-state index contributed by atoms with van der Waals surface area (Å²) in [5.41, 5.74) is 6.16. The molecular formula is C13H19N3O3. The number of amides is 1. The highest BCUT2D eigenvalue weighted by Gasteiger charge is 2.25. The number of nitrogens with one attached hydrogen (secondary N) is 1. The Hall–Kier alpha value is -1.66. The van der Waals surface area contributed by atoms with Gasteiger partial charge in [-0.05, 0) is 25.3 Å². The van der Waals surface area contributed by atoms with Gasteiger partial charge in [-0.2, -0.15) is 0 Å². The van der Waals surface area contributed by atoms with Gasteiger partial charge in [0.1, 0.15) is 11.4 Å². The molecule has 0 spiro atoms. The molecule has 1 aromatic heterocycles. The van der Waals surface area contributed by atoms with E-state index in [0.717, 1.165) is 19.3 Å². The topological polar surface area (TPSA) is 97.5 Å². The molecule has 0 bridgehead atoms. The fourth-order valence-electron chi connectivity index (χ4n) is 2.46. The molecule has 2 rings (SSSR count). The van der Waals surface area contributed by atoms with Crippen molar-refractivity contribution in [1.82, 2.24) is 10.3 Å². The number of carbonyl (C=O) groups is 1. The van der Waals surface area contributed by atoms with Crippen molar-refractivity contribution in [3.8, 4) is 5.75 Å². The Morgan fingerprint density at radius 1 is 1.63 bits per heavy atom. The van der Waals surface area contributed by atoms with Gasteiger partial charge in [0.05, 0.1) is 13.2 Å². The zero-order valence-electron chi connectivity index (χ0n) is 10.9. The van der Waals surface area contributed by atoms with Crippen LogP contribution in [-0.2, 0) is 6.54 Å². The summed E-state index contributed by atoms with van der Waals surface area (Å²) in [5.74, 6) is -0.00791. The maximum atomic E-state index is 11.4. The van der Waals surface area contributed by atoms with E-state index in [9.17, 15) is 9.90 Å². The first kappa shape index (κ1) is 13.8. The van der Waals surface area contributed by atoms with Crippen molar-refractivity contribution < 1.29 is 14.6 Å². The second kappa shape index (κ2) is 5.99. The molecule has 104 valence electrons. The molecule has 1 aromatic rings. The van der Waals surface area contributed by atoms with Crippen molar-refractivity contribution in [2.75, 3.05) is 7.11 Å². The molecule has 6 nitrogen and oxygen atoms in total. The maximum absolute atomic E-state index is 11.4. The standard InChI is InChI=1S/C13H19N3O3/c1-19-11-5-6-15-12(13(14)18)8(11)7-16-9-3-2-4-10(9)17/h5-6,9-10,16-17H,2-4,7H2,1H3,(H2,14,18)/t9-,10-/m0/s1. The van der Waals surface area contributed by atoms with E-state index in [1.807, 2.05) is 0 Å². The van der Waals surface area contributed by atoms with E-state index >= 15 is 0 Å². The molecule has 1 heterocycles. The maximum Gasteiger partial charge on any atom is 0.267 e. The molecule has 1 aliphatic rings. The van der Waals surface area contributed by atoms with Gasteiger partial charge in [-0.1, -0.05) is 0 Å². The Morgan fingerprint density at radius 3 is 3.00 bits per heavy atom. The monoisotopic (exact) mass is 265 g/mol. The number of aliphatic hydroxyl groups excluding tert-OH is 1. The third-order valence-corrected chi connectivity index (χ3v) is 3.49. The molecule has 1 amide bonds. The lowest BCUT2D eigenvalue weighted by Gasteiger charge is -2.18. The van der Waals surface area contributed by atoms with E-state index in [-0.39, 0.29) is 17.8 Å². The normalized spacial score (nSPS) is 22.4. The van der Waals surface area contributed by atoms with E-state index in [4.69, 9.17) is 10.5 Å². The average molecular weight is 265 g/mol. The fraction of sp³-hybridized carbons (Fsp3) is 0.538. The molecule has 2 atom stereocenters. The van der Waals surface area contributed by atoms with Crippen LogP contribution in [0.4, 0.5) is 0 Å². The number of hydrogen-bond donors (Lipinski definition) is 3. The molecule has 0 radical (unpaired) electrons. The molecule has 0 unspecified atom stereocenters. The van der Waals surface area contributed by atoms with Crippen molar-refractivity contribution >= 4 is 5.91 Å². The first-order valence-corrected chi connectivity index (χ1v) is 6.36. The van der Waals surface area contributed by atoms with E-state index < -0.39 is 5.91 Å². The van der Waals surface area contributed by atoms with Crippen LogP contribution < -0.4 is 15.8 Å². The molecule has 4 N–H and O–H groups in total. The first-order chi connectivity index (χ1) is 9.13. The van der Waals surface area contributed by atoms with Gasteiger partial charge < -0.3 is 20.9 Å². The summed E-state index contributed by atoms with van der Waals surface area (Å²) in [7, 11) is 1.54. The van der Waals surface area contributed by atoms with Crippen LogP contribution in [0, 0.1) is 0 Å². The molecule has 0 aliphatic heterocycles. The number of methoxy groups -OCH3 is 1. The number of pyridine rings is 1. The van der Waals surface area contributed by atoms with Crippen LogP contribution in [0.15, 0.2) is 12.3 Å². The highest BCUT2D eigenvalue weighted by Crippen LogP contribution is 2.23. The van der Waals surface area contributed by atoms with Gasteiger partial charge in [-0.25, -0.2) is 0 Å². The number of nitrogens with two attached hydrogens (primary N) is 1. The van der Waals surface area contributed by atoms with Gasteiger partial charge in [0.15, 0.2) is 0 Å². The Balaban J connectivity index is 2.15. The quantitative estimate of drug-likeness (QED) is 0.706. The lowest BCUT2D eigenvalue weighted by atomic mass is 10.1. The molecule has 1 fully saturated rings. The predicted molar refractivity (Wildman–Crippen MR) is 69.8 cm³/mol. The van der Waals surface area contributed by atoms with Gasteiger partial charge in [-0.15, -0.1) is 0 Å². The van der Waals surface area contributed by atoms with Crippen LogP contribution in [0.1, 0.15) is 35.3 Å². The van der Waals surface area contributed by atoms with Gasteiger partial charge in [0, 0.05) is 24.3 Å². The average Bonchev–Trinajstić information content (AvgIpc) is 2.81. The number of rotatable bonds is 5. The first-order valence-electron chi connectivity index (χ1n) is 6.36. The second-order valence-electron chi connectivity index (χ2n) is 4.69. The lowest BCUT2D eigenvalue weighted by Crippen LogP contribution is -2.35. The second-order valence-corrected chi connectivity index (χ2v) is 4.69. The van der Waals surface area contributed by atoms with Crippen molar-refractivity contribution in [2.45, 2.75) is 38.0 Å². The zero-order valence-corrected chi connectivity index (χ0v) is 10.9. The van der Waals surface area contributed by atoms with Gasteiger partial charge in [0.2, 0.25) is 0 Å². The van der Waals surface area contributed by atoms with Crippen molar-refractivity contribution in [1.29, 1.82) is 0 Å². The van der Waals surface area contributed by atoms with Crippen LogP contribution >= 0.6 is 0 Å². The molecular weight excluding hydrogens is 246 g/mol. The Bertz CT molecular complexity index is 464. The number of aromatic nitrogens is 1. The van der Waals surface area contributed by atoms with E-state index in [0.29, 0.717) is 17.9 Å². The minimum Gasteiger partial charge on any atom is -0.496 e. The Kier molecular flexibility index (Phi) is 4.34. The largest absolute Gasteiger partial charge is 0.496 e. The van der Waals surface area contributed by atoms with E-state index in [1.54, 1.807) is 6.07 Å². The number of hydrogen-bond acceptors (Lipinski definition) is 5. The zero-order chi connectivity index (χ0) is 13.8. The minimum absolute atomic E-state index is 0.0469. The van der Waals surface area contributed by atoms with Gasteiger partial charge in [-0.3, -0.25) is 9.78 Å². The summed E-state index contributed by atoms with van der Waals surface area (Å²) in [6.07, 6.45) is 3.90. The van der Waals surface area contributed by atoms with Crippen LogP contribution in [0.25, 0.3) is 0 Å². The van der Waals surface area contributed by atoms with Crippen LogP contribution in [0.5, 0.6) is 5.75 Å². The van der Waals surface area contributed by atoms with Crippen LogP contribution in [-0.4, -0.2) is 35.3 Å². The van der Waals surface area contributed by atoms with Crippen molar-refractivity contribution in [3.63, 3.8) is 0 Å². The number of nitrogens with zero attached hydrogens (tertiary/aromatic N) is 1. The smallest absolute Gasteiger partial charge is 0.267 e. The molecule has 0 aromatic carbocycles. The Labute approximate surface area is 112 Å². The summed E-state index contributed by atoms with van der Waals surface area (Å²) >= 11 is 0. The minimum atomic E-state index is -0.581. The lowest BCUT2D eigenvalue weighted by molar-refractivity contribution is 0.0993. The van der Waals surface area contributed by atoms with Gasteiger partial charge >= 0.3 is 0 Å². The molecule has 1 aliphatic carbocycles. The summed E-state index contributed by atoms with van der Waals surface area (Å²) < 4.78 is 5.23. The molecule has 19 heavy (non-hydrogen) atoms. The molecule has 6 heteroatoms. The van der Waals surface area contributed by atoms with Gasteiger partial charge in [0.25, 0.3) is 5.91 Å². The van der Waals surface area contributed by atoms with Crippen LogP contribution in [0.2, 0.25) is 0 Å². The van der Waals surface area contributed by atoms with E-state index in [2.05, 4.69) is 10.3 Å². The van der Waals surface area contributed by atoms with Crippen LogP contribution in [0.3, 0.4) is 0 Å². The summed E-state index contributed by atoms with van der Waals surface area (Å²) in [4.78, 5) is 15.4. The third-order valence-electron chi connectivity index (χ3n) is 3.49. The molecule has 0 saturated heterocycles. The highest BCUT2D eigenvalue weighted by molar-refractivity contribution is 5.92. The fourth-order valence-corrected chi connectivity index (χ4v) is 2.46. The number of aliphatic hydroxyl groups is 1. The predicted octanol–water partition coefficient (Wildman–Crippen LogP) is 0.192. The summed E-state index contributed by atoms with van der Waals surface area (Å²) in [6.45, 7) is 0.400. The molecule has 1 saturated carbocycles. The number of ether oxygens (including phenoxy) is 1. The summed E-state index contributed by atoms with van der Waals surface area (Å²) in [5, 5.41) is 13.0. The van der Waals surface area contributed by atoms with Crippen molar-refractivity contribution in [3.05, 3.63) is 23.5 Å². The van der Waals surface area contributed by atoms with E-state index in [1.165, 1.54) is 13.3 Å². The highest BCUT2D eigenvalue weighted by atomic mass is 16.5. The number of primary amides is 1. The Morgan fingerprint density at radius 2 is 2.42 bits per heavy atom. The van der Waals surface area contributed by atoms with Crippen molar-refractivity contribution in [2.24, 2.45) is 5.73 Å².